The lowest BCUT2D eigenvalue weighted by molar-refractivity contribution is 0.0950. The van der Waals surface area contributed by atoms with Crippen molar-refractivity contribution in [3.63, 3.8) is 0 Å². The maximum Gasteiger partial charge on any atom is 0.255 e. The number of benzene rings is 2. The molecule has 130 valence electrons. The van der Waals surface area contributed by atoms with Gasteiger partial charge < -0.3 is 5.32 Å². The Kier molecular flexibility index (Phi) is 4.22. The van der Waals surface area contributed by atoms with Crippen LogP contribution in [0.15, 0.2) is 54.7 Å². The largest absolute Gasteiger partial charge is 0.345 e. The number of amides is 1. The molecule has 4 rings (SSSR count). The number of carbonyl (C=O) groups is 1. The molecular weight excluding hydrogens is 351 g/mol. The van der Waals surface area contributed by atoms with Crippen LogP contribution in [0.2, 0.25) is 0 Å². The first-order chi connectivity index (χ1) is 12.6. The molecule has 0 saturated carbocycles. The van der Waals surface area contributed by atoms with Gasteiger partial charge in [-0.25, -0.2) is 14.1 Å². The minimum Gasteiger partial charge on any atom is -0.345 e. The summed E-state index contributed by atoms with van der Waals surface area (Å²) in [6.07, 6.45) is 1.52. The van der Waals surface area contributed by atoms with Crippen LogP contribution in [0.5, 0.6) is 0 Å². The van der Waals surface area contributed by atoms with E-state index in [9.17, 15) is 9.18 Å². The Balaban J connectivity index is 1.50. The molecule has 0 fully saturated rings. The highest BCUT2D eigenvalue weighted by molar-refractivity contribution is 7.18. The van der Waals surface area contributed by atoms with Crippen LogP contribution < -0.4 is 5.32 Å². The summed E-state index contributed by atoms with van der Waals surface area (Å²) in [4.78, 5) is 17.0. The maximum absolute atomic E-state index is 13.1. The van der Waals surface area contributed by atoms with Crippen molar-refractivity contribution >= 4 is 27.5 Å². The van der Waals surface area contributed by atoms with Crippen LogP contribution in [-0.4, -0.2) is 20.7 Å². The molecule has 0 atom stereocenters. The molecule has 26 heavy (non-hydrogen) atoms. The van der Waals surface area contributed by atoms with Crippen molar-refractivity contribution in [1.82, 2.24) is 20.1 Å². The zero-order chi connectivity index (χ0) is 18.1. The molecule has 7 heteroatoms. The average molecular weight is 366 g/mol. The normalized spacial score (nSPS) is 11.0. The first-order valence-electron chi connectivity index (χ1n) is 8.05. The molecule has 0 aliphatic carbocycles. The summed E-state index contributed by atoms with van der Waals surface area (Å²) in [5, 5.41) is 7.98. The number of rotatable bonds is 4. The number of halogens is 1. The van der Waals surface area contributed by atoms with Gasteiger partial charge in [-0.1, -0.05) is 12.1 Å². The molecule has 0 spiro atoms. The zero-order valence-electron chi connectivity index (χ0n) is 13.9. The van der Waals surface area contributed by atoms with Crippen molar-refractivity contribution in [2.24, 2.45) is 0 Å². The summed E-state index contributed by atoms with van der Waals surface area (Å²) in [6, 6.07) is 13.8. The van der Waals surface area contributed by atoms with Crippen LogP contribution >= 0.6 is 11.3 Å². The third-order valence-electron chi connectivity index (χ3n) is 4.06. The van der Waals surface area contributed by atoms with Gasteiger partial charge in [0.05, 0.1) is 39.9 Å². The molecule has 4 aromatic rings. The van der Waals surface area contributed by atoms with Gasteiger partial charge in [-0.3, -0.25) is 4.79 Å². The Labute approximate surface area is 153 Å². The number of thiazole rings is 1. The fourth-order valence-corrected chi connectivity index (χ4v) is 3.63. The lowest BCUT2D eigenvalue weighted by Gasteiger charge is -2.06. The van der Waals surface area contributed by atoms with E-state index in [0.29, 0.717) is 23.5 Å². The standard InChI is InChI=1S/C19H15FN4OS/c1-12-15(10-22-24(12)14-8-6-13(20)7-9-14)19(25)21-11-18-23-16-4-2-3-5-17(16)26-18/h2-10H,11H2,1H3,(H,21,25). The SMILES string of the molecule is Cc1c(C(=O)NCc2nc3ccccc3s2)cnn1-c1ccc(F)cc1. The fourth-order valence-electron chi connectivity index (χ4n) is 2.72. The highest BCUT2D eigenvalue weighted by Gasteiger charge is 2.15. The molecule has 0 aliphatic rings. The van der Waals surface area contributed by atoms with Crippen molar-refractivity contribution in [2.75, 3.05) is 0 Å². The Hall–Kier alpha value is -3.06. The Morgan fingerprint density at radius 3 is 2.73 bits per heavy atom. The molecule has 2 heterocycles. The lowest BCUT2D eigenvalue weighted by atomic mass is 10.2. The lowest BCUT2D eigenvalue weighted by Crippen LogP contribution is -2.23. The van der Waals surface area contributed by atoms with E-state index in [1.54, 1.807) is 28.2 Å². The predicted octanol–water partition coefficient (Wildman–Crippen LogP) is 3.86. The van der Waals surface area contributed by atoms with Crippen LogP contribution in [0, 0.1) is 12.7 Å². The van der Waals surface area contributed by atoms with Crippen LogP contribution in [0.1, 0.15) is 21.1 Å². The molecular formula is C19H15FN4OS. The van der Waals surface area contributed by atoms with E-state index in [1.165, 1.54) is 18.3 Å². The molecule has 0 aliphatic heterocycles. The number of hydrogen-bond acceptors (Lipinski definition) is 4. The van der Waals surface area contributed by atoms with Gasteiger partial charge in [0.15, 0.2) is 0 Å². The molecule has 1 N–H and O–H groups in total. The Bertz CT molecular complexity index is 1050. The van der Waals surface area contributed by atoms with Gasteiger partial charge >= 0.3 is 0 Å². The molecule has 2 aromatic carbocycles. The summed E-state index contributed by atoms with van der Waals surface area (Å²) in [7, 11) is 0. The second kappa shape index (κ2) is 6.68. The number of nitrogens with one attached hydrogen (secondary N) is 1. The van der Waals surface area contributed by atoms with Crippen molar-refractivity contribution in [3.05, 3.63) is 76.8 Å². The smallest absolute Gasteiger partial charge is 0.255 e. The number of para-hydroxylation sites is 1. The topological polar surface area (TPSA) is 59.8 Å². The number of nitrogens with zero attached hydrogens (tertiary/aromatic N) is 3. The second-order valence-electron chi connectivity index (χ2n) is 5.79. The average Bonchev–Trinajstić information content (AvgIpc) is 3.23. The van der Waals surface area contributed by atoms with E-state index in [1.807, 2.05) is 31.2 Å². The van der Waals surface area contributed by atoms with Gasteiger partial charge in [-0.2, -0.15) is 5.10 Å². The Morgan fingerprint density at radius 2 is 1.96 bits per heavy atom. The molecule has 1 amide bonds. The van der Waals surface area contributed by atoms with Crippen LogP contribution in [0.3, 0.4) is 0 Å². The quantitative estimate of drug-likeness (QED) is 0.597. The molecule has 0 radical (unpaired) electrons. The second-order valence-corrected chi connectivity index (χ2v) is 6.91. The van der Waals surface area contributed by atoms with Gasteiger partial charge in [-0.05, 0) is 43.3 Å². The minimum absolute atomic E-state index is 0.213. The van der Waals surface area contributed by atoms with E-state index in [0.717, 1.165) is 15.2 Å². The zero-order valence-corrected chi connectivity index (χ0v) is 14.8. The number of fused-ring (bicyclic) bond motifs is 1. The molecule has 5 nitrogen and oxygen atoms in total. The Morgan fingerprint density at radius 1 is 1.19 bits per heavy atom. The summed E-state index contributed by atoms with van der Waals surface area (Å²) in [5.41, 5.74) is 2.81. The van der Waals surface area contributed by atoms with Crippen molar-refractivity contribution < 1.29 is 9.18 Å². The monoisotopic (exact) mass is 366 g/mol. The van der Waals surface area contributed by atoms with Gasteiger partial charge in [0.2, 0.25) is 0 Å². The number of carbonyl (C=O) groups excluding carboxylic acids is 1. The summed E-state index contributed by atoms with van der Waals surface area (Å²) in [5.74, 6) is -0.525. The van der Waals surface area contributed by atoms with Gasteiger partial charge in [0.1, 0.15) is 10.8 Å². The summed E-state index contributed by atoms with van der Waals surface area (Å²) < 4.78 is 15.8. The van der Waals surface area contributed by atoms with E-state index in [2.05, 4.69) is 15.4 Å². The molecule has 0 bridgehead atoms. The predicted molar refractivity (Wildman–Crippen MR) is 99.0 cm³/mol. The minimum atomic E-state index is -0.313. The van der Waals surface area contributed by atoms with Crippen LogP contribution in [0.4, 0.5) is 4.39 Å². The number of aromatic nitrogens is 3. The van der Waals surface area contributed by atoms with Crippen molar-refractivity contribution in [2.45, 2.75) is 13.5 Å². The van der Waals surface area contributed by atoms with Gasteiger partial charge in [-0.15, -0.1) is 11.3 Å². The third-order valence-corrected chi connectivity index (χ3v) is 5.10. The summed E-state index contributed by atoms with van der Waals surface area (Å²) in [6.45, 7) is 2.17. The summed E-state index contributed by atoms with van der Waals surface area (Å²) >= 11 is 1.56. The molecule has 2 aromatic heterocycles. The van der Waals surface area contributed by atoms with Crippen LogP contribution in [-0.2, 0) is 6.54 Å². The van der Waals surface area contributed by atoms with E-state index in [-0.39, 0.29) is 11.7 Å². The third kappa shape index (κ3) is 3.09. The maximum atomic E-state index is 13.1. The van der Waals surface area contributed by atoms with Gasteiger partial charge in [0, 0.05) is 0 Å². The molecule has 0 unspecified atom stereocenters. The van der Waals surface area contributed by atoms with Crippen molar-refractivity contribution in [1.29, 1.82) is 0 Å². The van der Waals surface area contributed by atoms with E-state index in [4.69, 9.17) is 0 Å². The fraction of sp³-hybridized carbons (Fsp3) is 0.105. The van der Waals surface area contributed by atoms with Gasteiger partial charge in [0.25, 0.3) is 5.91 Å². The number of hydrogen-bond donors (Lipinski definition) is 1. The van der Waals surface area contributed by atoms with E-state index >= 15 is 0 Å². The van der Waals surface area contributed by atoms with Crippen LogP contribution in [0.25, 0.3) is 15.9 Å². The highest BCUT2D eigenvalue weighted by Crippen LogP contribution is 2.21. The first kappa shape index (κ1) is 16.4. The van der Waals surface area contributed by atoms with Crippen molar-refractivity contribution in [3.8, 4) is 5.69 Å². The van der Waals surface area contributed by atoms with E-state index < -0.39 is 0 Å². The first-order valence-corrected chi connectivity index (χ1v) is 8.86. The highest BCUT2D eigenvalue weighted by atomic mass is 32.1. The molecule has 0 saturated heterocycles.